The molecule has 0 amide bonds. The Labute approximate surface area is 122 Å². The van der Waals surface area contributed by atoms with Crippen LogP contribution in [-0.2, 0) is 7.05 Å². The number of nitro benzene ring substituents is 1. The summed E-state index contributed by atoms with van der Waals surface area (Å²) in [5.41, 5.74) is 3.32. The fraction of sp³-hybridized carbons (Fsp3) is 0.125. The number of H-pyrrole nitrogens is 1. The smallest absolute Gasteiger partial charge is 0.269 e. The van der Waals surface area contributed by atoms with Gasteiger partial charge in [0.15, 0.2) is 0 Å². The molecule has 1 atom stereocenters. The highest BCUT2D eigenvalue weighted by Gasteiger charge is 2.20. The number of nitro groups is 1. The fourth-order valence-electron chi connectivity index (χ4n) is 2.60. The van der Waals surface area contributed by atoms with Crippen LogP contribution in [0.2, 0.25) is 0 Å². The van der Waals surface area contributed by atoms with E-state index in [1.807, 2.05) is 49.8 Å². The Hall–Kier alpha value is -2.82. The van der Waals surface area contributed by atoms with Gasteiger partial charge >= 0.3 is 0 Å². The van der Waals surface area contributed by atoms with Gasteiger partial charge < -0.3 is 9.55 Å². The van der Waals surface area contributed by atoms with Crippen LogP contribution < -0.4 is 0 Å². The number of aromatic amines is 1. The van der Waals surface area contributed by atoms with Crippen LogP contribution in [-0.4, -0.2) is 14.5 Å². The van der Waals surface area contributed by atoms with Gasteiger partial charge in [0.25, 0.3) is 5.69 Å². The zero-order valence-electron chi connectivity index (χ0n) is 11.6. The summed E-state index contributed by atoms with van der Waals surface area (Å²) in [5.74, 6) is 0.0285. The number of aryl methyl sites for hydroxylation is 1. The van der Waals surface area contributed by atoms with Gasteiger partial charge in [-0.1, -0.05) is 12.1 Å². The SMILES string of the molecule is Cn1cccc1C(c1ccc([N+](=O)[O-])cc1)c1ccc[nH]1. The van der Waals surface area contributed by atoms with Crippen LogP contribution in [0.15, 0.2) is 60.9 Å². The van der Waals surface area contributed by atoms with Crippen LogP contribution in [0.4, 0.5) is 5.69 Å². The van der Waals surface area contributed by atoms with Crippen molar-refractivity contribution in [1.82, 2.24) is 9.55 Å². The van der Waals surface area contributed by atoms with Crippen molar-refractivity contribution >= 4 is 5.69 Å². The molecule has 21 heavy (non-hydrogen) atoms. The summed E-state index contributed by atoms with van der Waals surface area (Å²) in [6.07, 6.45) is 3.88. The van der Waals surface area contributed by atoms with Crippen molar-refractivity contribution in [2.45, 2.75) is 5.92 Å². The van der Waals surface area contributed by atoms with Gasteiger partial charge in [-0.25, -0.2) is 0 Å². The standard InChI is InChI=1S/C16H15N3O2/c1-18-11-3-5-15(18)16(14-4-2-10-17-14)12-6-8-13(9-7-12)19(20)21/h2-11,16-17H,1H3. The zero-order valence-corrected chi connectivity index (χ0v) is 11.6. The average Bonchev–Trinajstić information content (AvgIpc) is 3.13. The molecular formula is C16H15N3O2. The van der Waals surface area contributed by atoms with E-state index >= 15 is 0 Å². The quantitative estimate of drug-likeness (QED) is 0.588. The summed E-state index contributed by atoms with van der Waals surface area (Å²) in [7, 11) is 2.00. The highest BCUT2D eigenvalue weighted by molar-refractivity contribution is 5.42. The van der Waals surface area contributed by atoms with Crippen molar-refractivity contribution in [3.05, 3.63) is 88.0 Å². The lowest BCUT2D eigenvalue weighted by molar-refractivity contribution is -0.384. The van der Waals surface area contributed by atoms with E-state index in [9.17, 15) is 10.1 Å². The molecule has 106 valence electrons. The van der Waals surface area contributed by atoms with Gasteiger partial charge in [0.05, 0.1) is 10.8 Å². The van der Waals surface area contributed by atoms with Gasteiger partial charge in [-0.3, -0.25) is 10.1 Å². The van der Waals surface area contributed by atoms with Crippen molar-refractivity contribution in [2.75, 3.05) is 0 Å². The molecule has 0 spiro atoms. The number of aromatic nitrogens is 2. The molecule has 0 bridgehead atoms. The summed E-state index contributed by atoms with van der Waals surface area (Å²) in [6, 6.07) is 14.8. The van der Waals surface area contributed by atoms with Crippen LogP contribution in [0, 0.1) is 10.1 Å². The first kappa shape index (κ1) is 13.2. The molecule has 1 N–H and O–H groups in total. The van der Waals surface area contributed by atoms with Crippen molar-refractivity contribution in [3.8, 4) is 0 Å². The fourth-order valence-corrected chi connectivity index (χ4v) is 2.60. The Morgan fingerprint density at radius 1 is 1.14 bits per heavy atom. The molecule has 2 aromatic heterocycles. The van der Waals surface area contributed by atoms with Crippen molar-refractivity contribution in [3.63, 3.8) is 0 Å². The molecule has 5 heteroatoms. The maximum Gasteiger partial charge on any atom is 0.269 e. The van der Waals surface area contributed by atoms with E-state index in [0.29, 0.717) is 0 Å². The van der Waals surface area contributed by atoms with Gasteiger partial charge in [0.1, 0.15) is 0 Å². The van der Waals surface area contributed by atoms with Gasteiger partial charge in [-0.05, 0) is 29.8 Å². The second-order valence-corrected chi connectivity index (χ2v) is 4.95. The Balaban J connectivity index is 2.08. The van der Waals surface area contributed by atoms with Crippen LogP contribution in [0.1, 0.15) is 22.9 Å². The molecule has 0 radical (unpaired) electrons. The minimum Gasteiger partial charge on any atom is -0.364 e. The third-order valence-corrected chi connectivity index (χ3v) is 3.65. The topological polar surface area (TPSA) is 63.9 Å². The van der Waals surface area contributed by atoms with E-state index < -0.39 is 0 Å². The summed E-state index contributed by atoms with van der Waals surface area (Å²) < 4.78 is 2.06. The molecule has 3 rings (SSSR count). The minimum absolute atomic E-state index is 0.0285. The van der Waals surface area contributed by atoms with E-state index in [0.717, 1.165) is 17.0 Å². The molecule has 1 unspecified atom stereocenters. The molecule has 0 aliphatic carbocycles. The van der Waals surface area contributed by atoms with E-state index in [1.165, 1.54) is 0 Å². The summed E-state index contributed by atoms with van der Waals surface area (Å²) in [6.45, 7) is 0. The normalized spacial score (nSPS) is 12.2. The van der Waals surface area contributed by atoms with E-state index in [2.05, 4.69) is 15.6 Å². The first-order valence-electron chi connectivity index (χ1n) is 6.65. The molecule has 5 nitrogen and oxygen atoms in total. The lowest BCUT2D eigenvalue weighted by Crippen LogP contribution is -2.08. The number of nitrogens with one attached hydrogen (secondary N) is 1. The molecule has 0 saturated heterocycles. The second kappa shape index (κ2) is 5.28. The second-order valence-electron chi connectivity index (χ2n) is 4.95. The van der Waals surface area contributed by atoms with E-state index in [1.54, 1.807) is 12.1 Å². The van der Waals surface area contributed by atoms with Gasteiger partial charge in [-0.15, -0.1) is 0 Å². The van der Waals surface area contributed by atoms with Gasteiger partial charge in [0, 0.05) is 43.0 Å². The first-order valence-corrected chi connectivity index (χ1v) is 6.65. The monoisotopic (exact) mass is 281 g/mol. The number of hydrogen-bond acceptors (Lipinski definition) is 2. The number of non-ortho nitro benzene ring substituents is 1. The lowest BCUT2D eigenvalue weighted by atomic mass is 9.92. The average molecular weight is 281 g/mol. The molecule has 0 aliphatic rings. The van der Waals surface area contributed by atoms with Crippen molar-refractivity contribution < 1.29 is 4.92 Å². The number of benzene rings is 1. The lowest BCUT2D eigenvalue weighted by Gasteiger charge is -2.17. The van der Waals surface area contributed by atoms with Gasteiger partial charge in [-0.2, -0.15) is 0 Å². The minimum atomic E-state index is -0.379. The van der Waals surface area contributed by atoms with Crippen molar-refractivity contribution in [2.24, 2.45) is 7.05 Å². The molecule has 3 aromatic rings. The maximum absolute atomic E-state index is 10.8. The third-order valence-electron chi connectivity index (χ3n) is 3.65. The number of rotatable bonds is 4. The highest BCUT2D eigenvalue weighted by atomic mass is 16.6. The molecule has 0 saturated carbocycles. The Kier molecular flexibility index (Phi) is 3.31. The van der Waals surface area contributed by atoms with Crippen LogP contribution in [0.25, 0.3) is 0 Å². The summed E-state index contributed by atoms with van der Waals surface area (Å²) >= 11 is 0. The predicted octanol–water partition coefficient (Wildman–Crippen LogP) is 3.44. The van der Waals surface area contributed by atoms with E-state index in [-0.39, 0.29) is 16.5 Å². The molecular weight excluding hydrogens is 266 g/mol. The van der Waals surface area contributed by atoms with E-state index in [4.69, 9.17) is 0 Å². The van der Waals surface area contributed by atoms with Crippen LogP contribution in [0.3, 0.4) is 0 Å². The molecule has 2 heterocycles. The highest BCUT2D eigenvalue weighted by Crippen LogP contribution is 2.31. The third kappa shape index (κ3) is 2.45. The first-order chi connectivity index (χ1) is 10.2. The predicted molar refractivity (Wildman–Crippen MR) is 80.2 cm³/mol. The zero-order chi connectivity index (χ0) is 14.8. The largest absolute Gasteiger partial charge is 0.364 e. The van der Waals surface area contributed by atoms with Crippen LogP contribution >= 0.6 is 0 Å². The molecule has 0 fully saturated rings. The number of hydrogen-bond donors (Lipinski definition) is 1. The maximum atomic E-state index is 10.8. The summed E-state index contributed by atoms with van der Waals surface area (Å²) in [5, 5.41) is 10.8. The van der Waals surface area contributed by atoms with Crippen LogP contribution in [0.5, 0.6) is 0 Å². The Bertz CT molecular complexity index is 742. The Morgan fingerprint density at radius 2 is 1.90 bits per heavy atom. The Morgan fingerprint density at radius 3 is 2.43 bits per heavy atom. The molecule has 0 aliphatic heterocycles. The molecule has 1 aromatic carbocycles. The number of nitrogens with zero attached hydrogens (tertiary/aromatic N) is 2. The van der Waals surface area contributed by atoms with Crippen molar-refractivity contribution in [1.29, 1.82) is 0 Å². The summed E-state index contributed by atoms with van der Waals surface area (Å²) in [4.78, 5) is 13.7. The van der Waals surface area contributed by atoms with Gasteiger partial charge in [0.2, 0.25) is 0 Å².